The molecule has 0 saturated heterocycles. The minimum absolute atomic E-state index is 0.169. The molecule has 0 aromatic heterocycles. The van der Waals surface area contributed by atoms with Crippen LogP contribution in [0.15, 0.2) is 0 Å². The van der Waals surface area contributed by atoms with Gasteiger partial charge in [0.1, 0.15) is 0 Å². The summed E-state index contributed by atoms with van der Waals surface area (Å²) in [6.45, 7) is 3.83. The van der Waals surface area contributed by atoms with Crippen LogP contribution in [0, 0.1) is 5.92 Å². The largest absolute Gasteiger partial charge is 0.479 e. The van der Waals surface area contributed by atoms with Crippen molar-refractivity contribution in [2.24, 2.45) is 5.92 Å². The molecule has 3 heteroatoms. The second kappa shape index (κ2) is 4.61. The number of carboxylic acid groups (broad SMARTS) is 1. The van der Waals surface area contributed by atoms with Gasteiger partial charge in [0, 0.05) is 0 Å². The van der Waals surface area contributed by atoms with E-state index in [0.717, 1.165) is 31.6 Å². The highest BCUT2D eigenvalue weighted by Gasteiger charge is 2.22. The van der Waals surface area contributed by atoms with Crippen molar-refractivity contribution in [1.29, 1.82) is 0 Å². The van der Waals surface area contributed by atoms with E-state index in [2.05, 4.69) is 6.92 Å². The fourth-order valence-corrected chi connectivity index (χ4v) is 1.71. The topological polar surface area (TPSA) is 46.5 Å². The van der Waals surface area contributed by atoms with Gasteiger partial charge < -0.3 is 9.84 Å². The lowest BCUT2D eigenvalue weighted by molar-refractivity contribution is -0.154. The summed E-state index contributed by atoms with van der Waals surface area (Å²) in [5.41, 5.74) is 0. The number of aliphatic carboxylic acids is 1. The first-order valence-electron chi connectivity index (χ1n) is 4.98. The number of carbonyl (C=O) groups is 1. The SMILES string of the molecule is CC1CCC(OC(C)C(=O)O)CC1. The van der Waals surface area contributed by atoms with Crippen molar-refractivity contribution in [2.45, 2.75) is 51.7 Å². The quantitative estimate of drug-likeness (QED) is 0.733. The Morgan fingerprint density at radius 3 is 2.38 bits per heavy atom. The van der Waals surface area contributed by atoms with Crippen LogP contribution in [-0.4, -0.2) is 23.3 Å². The molecule has 1 N–H and O–H groups in total. The molecule has 0 amide bonds. The summed E-state index contributed by atoms with van der Waals surface area (Å²) in [6, 6.07) is 0. The van der Waals surface area contributed by atoms with E-state index in [-0.39, 0.29) is 6.10 Å². The summed E-state index contributed by atoms with van der Waals surface area (Å²) in [5, 5.41) is 8.64. The number of ether oxygens (including phenoxy) is 1. The van der Waals surface area contributed by atoms with Gasteiger partial charge in [0.25, 0.3) is 0 Å². The van der Waals surface area contributed by atoms with E-state index in [1.54, 1.807) is 6.92 Å². The van der Waals surface area contributed by atoms with Crippen molar-refractivity contribution in [2.75, 3.05) is 0 Å². The zero-order valence-corrected chi connectivity index (χ0v) is 8.32. The van der Waals surface area contributed by atoms with E-state index in [1.165, 1.54) is 0 Å². The highest BCUT2D eigenvalue weighted by Crippen LogP contribution is 2.26. The van der Waals surface area contributed by atoms with E-state index in [4.69, 9.17) is 9.84 Å². The summed E-state index contributed by atoms with van der Waals surface area (Å²) < 4.78 is 5.40. The fourth-order valence-electron chi connectivity index (χ4n) is 1.71. The number of rotatable bonds is 3. The van der Waals surface area contributed by atoms with Crippen LogP contribution in [0.2, 0.25) is 0 Å². The molecule has 1 atom stereocenters. The van der Waals surface area contributed by atoms with Gasteiger partial charge in [-0.25, -0.2) is 4.79 Å². The fraction of sp³-hybridized carbons (Fsp3) is 0.900. The maximum atomic E-state index is 10.5. The molecule has 0 bridgehead atoms. The number of carboxylic acids is 1. The smallest absolute Gasteiger partial charge is 0.332 e. The molecule has 0 spiro atoms. The molecule has 0 radical (unpaired) electrons. The van der Waals surface area contributed by atoms with Crippen molar-refractivity contribution in [3.05, 3.63) is 0 Å². The second-order valence-electron chi connectivity index (χ2n) is 4.00. The highest BCUT2D eigenvalue weighted by atomic mass is 16.5. The summed E-state index contributed by atoms with van der Waals surface area (Å²) >= 11 is 0. The maximum absolute atomic E-state index is 10.5. The first-order valence-corrected chi connectivity index (χ1v) is 4.98. The zero-order valence-electron chi connectivity index (χ0n) is 8.32. The minimum atomic E-state index is -0.862. The van der Waals surface area contributed by atoms with E-state index in [1.807, 2.05) is 0 Å². The van der Waals surface area contributed by atoms with Gasteiger partial charge >= 0.3 is 5.97 Å². The molecular formula is C10H18O3. The zero-order chi connectivity index (χ0) is 9.84. The van der Waals surface area contributed by atoms with Gasteiger partial charge in [0.2, 0.25) is 0 Å². The van der Waals surface area contributed by atoms with Crippen LogP contribution < -0.4 is 0 Å². The lowest BCUT2D eigenvalue weighted by Gasteiger charge is -2.27. The van der Waals surface area contributed by atoms with Gasteiger partial charge in [0.15, 0.2) is 6.10 Å². The van der Waals surface area contributed by atoms with E-state index >= 15 is 0 Å². The molecule has 1 fully saturated rings. The molecule has 76 valence electrons. The first kappa shape index (κ1) is 10.5. The van der Waals surface area contributed by atoms with Crippen LogP contribution in [0.4, 0.5) is 0 Å². The van der Waals surface area contributed by atoms with Crippen molar-refractivity contribution < 1.29 is 14.6 Å². The minimum Gasteiger partial charge on any atom is -0.479 e. The van der Waals surface area contributed by atoms with Crippen LogP contribution in [0.1, 0.15) is 39.5 Å². The van der Waals surface area contributed by atoms with Gasteiger partial charge in [-0.05, 0) is 38.5 Å². The second-order valence-corrected chi connectivity index (χ2v) is 4.00. The van der Waals surface area contributed by atoms with Crippen molar-refractivity contribution in [1.82, 2.24) is 0 Å². The Kier molecular flexibility index (Phi) is 3.72. The lowest BCUT2D eigenvalue weighted by atomic mass is 9.89. The molecule has 3 nitrogen and oxygen atoms in total. The monoisotopic (exact) mass is 186 g/mol. The predicted molar refractivity (Wildman–Crippen MR) is 49.6 cm³/mol. The van der Waals surface area contributed by atoms with E-state index < -0.39 is 12.1 Å². The van der Waals surface area contributed by atoms with Crippen LogP contribution in [0.3, 0.4) is 0 Å². The predicted octanol–water partition coefficient (Wildman–Crippen LogP) is 2.05. The normalized spacial score (nSPS) is 31.2. The molecule has 1 aliphatic carbocycles. The summed E-state index contributed by atoms with van der Waals surface area (Å²) in [5.74, 6) is -0.0846. The summed E-state index contributed by atoms with van der Waals surface area (Å²) in [7, 11) is 0. The molecule has 1 aliphatic rings. The van der Waals surface area contributed by atoms with Crippen LogP contribution in [-0.2, 0) is 9.53 Å². The summed E-state index contributed by atoms with van der Waals surface area (Å²) in [4.78, 5) is 10.5. The molecule has 0 aromatic carbocycles. The van der Waals surface area contributed by atoms with Gasteiger partial charge in [-0.15, -0.1) is 0 Å². The third kappa shape index (κ3) is 3.35. The van der Waals surface area contributed by atoms with Crippen molar-refractivity contribution in [3.8, 4) is 0 Å². The third-order valence-electron chi connectivity index (χ3n) is 2.71. The van der Waals surface area contributed by atoms with E-state index in [9.17, 15) is 4.79 Å². The Balaban J connectivity index is 2.26. The Morgan fingerprint density at radius 2 is 1.92 bits per heavy atom. The summed E-state index contributed by atoms with van der Waals surface area (Å²) in [6.07, 6.45) is 3.87. The molecule has 0 aliphatic heterocycles. The van der Waals surface area contributed by atoms with Crippen LogP contribution >= 0.6 is 0 Å². The van der Waals surface area contributed by atoms with Crippen LogP contribution in [0.5, 0.6) is 0 Å². The molecule has 13 heavy (non-hydrogen) atoms. The number of hydrogen-bond donors (Lipinski definition) is 1. The molecule has 1 saturated carbocycles. The molecular weight excluding hydrogens is 168 g/mol. The maximum Gasteiger partial charge on any atom is 0.332 e. The van der Waals surface area contributed by atoms with Gasteiger partial charge in [-0.3, -0.25) is 0 Å². The van der Waals surface area contributed by atoms with E-state index in [0.29, 0.717) is 0 Å². The Labute approximate surface area is 79.1 Å². The van der Waals surface area contributed by atoms with Gasteiger partial charge in [-0.2, -0.15) is 0 Å². The molecule has 0 aromatic rings. The van der Waals surface area contributed by atoms with Crippen molar-refractivity contribution in [3.63, 3.8) is 0 Å². The number of hydrogen-bond acceptors (Lipinski definition) is 2. The van der Waals surface area contributed by atoms with Gasteiger partial charge in [-0.1, -0.05) is 6.92 Å². The van der Waals surface area contributed by atoms with Crippen LogP contribution in [0.25, 0.3) is 0 Å². The standard InChI is InChI=1S/C10H18O3/c1-7-3-5-9(6-4-7)13-8(2)10(11)12/h7-9H,3-6H2,1-2H3,(H,11,12). The lowest BCUT2D eigenvalue weighted by Crippen LogP contribution is -2.29. The Hall–Kier alpha value is -0.570. The molecule has 1 unspecified atom stereocenters. The third-order valence-corrected chi connectivity index (χ3v) is 2.71. The molecule has 1 rings (SSSR count). The average Bonchev–Trinajstić information content (AvgIpc) is 2.08. The highest BCUT2D eigenvalue weighted by molar-refractivity contribution is 5.71. The van der Waals surface area contributed by atoms with Crippen molar-refractivity contribution >= 4 is 5.97 Å². The Bertz CT molecular complexity index is 171. The molecule has 0 heterocycles. The Morgan fingerprint density at radius 1 is 1.38 bits per heavy atom. The average molecular weight is 186 g/mol. The van der Waals surface area contributed by atoms with Gasteiger partial charge in [0.05, 0.1) is 6.10 Å². The first-order chi connectivity index (χ1) is 6.09.